The van der Waals surface area contributed by atoms with Crippen molar-refractivity contribution < 1.29 is 26.5 Å². The van der Waals surface area contributed by atoms with Gasteiger partial charge in [0, 0.05) is 29.8 Å². The first-order valence-corrected chi connectivity index (χ1v) is 11.8. The predicted octanol–water partition coefficient (Wildman–Crippen LogP) is 2.63. The Balaban J connectivity index is 1.80. The van der Waals surface area contributed by atoms with Gasteiger partial charge in [-0.3, -0.25) is 9.17 Å². The van der Waals surface area contributed by atoms with E-state index in [2.05, 4.69) is 9.97 Å². The Kier molecular flexibility index (Phi) is 6.22. The summed E-state index contributed by atoms with van der Waals surface area (Å²) in [6, 6.07) is 4.87. The molecule has 4 rings (SSSR count). The summed E-state index contributed by atoms with van der Waals surface area (Å²) in [7, 11) is -2.28. The van der Waals surface area contributed by atoms with E-state index in [1.54, 1.807) is 29.9 Å². The smallest absolute Gasteiger partial charge is 0.265 e. The van der Waals surface area contributed by atoms with Crippen molar-refractivity contribution in [1.29, 1.82) is 0 Å². The zero-order chi connectivity index (χ0) is 22.9. The van der Waals surface area contributed by atoms with E-state index in [9.17, 15) is 12.8 Å². The number of nitrogens with zero attached hydrogens (tertiary/aromatic N) is 4. The molecule has 9 nitrogen and oxygen atoms in total. The summed E-state index contributed by atoms with van der Waals surface area (Å²) in [5.41, 5.74) is 4.25. The van der Waals surface area contributed by atoms with E-state index in [1.165, 1.54) is 19.4 Å². The minimum Gasteiger partial charge on any atom is -0.479 e. The molecule has 0 fully saturated rings. The largest absolute Gasteiger partial charge is 0.479 e. The average molecular weight is 463 g/mol. The molecule has 0 spiro atoms. The van der Waals surface area contributed by atoms with Gasteiger partial charge in [0.1, 0.15) is 6.10 Å². The highest BCUT2D eigenvalue weighted by Gasteiger charge is 2.24. The second kappa shape index (κ2) is 8.93. The van der Waals surface area contributed by atoms with Crippen molar-refractivity contribution in [2.45, 2.75) is 25.9 Å². The first-order valence-electron chi connectivity index (χ1n) is 10.00. The molecule has 0 aromatic carbocycles. The van der Waals surface area contributed by atoms with Crippen LogP contribution in [0.4, 0.5) is 4.39 Å². The number of rotatable bonds is 6. The predicted molar refractivity (Wildman–Crippen MR) is 114 cm³/mol. The minimum atomic E-state index is -3.64. The topological polar surface area (TPSA) is 105 Å². The van der Waals surface area contributed by atoms with E-state index in [-0.39, 0.29) is 5.88 Å². The van der Waals surface area contributed by atoms with Crippen LogP contribution in [0, 0.1) is 5.82 Å². The van der Waals surface area contributed by atoms with Crippen LogP contribution in [0.15, 0.2) is 30.6 Å². The standard InChI is InChI=1S/C21H23FN4O5S/c1-13(31-32(3,27)28)18-10-14(4-7-23-18)20-16-5-8-30-9-6-19(16)26(25-20)15-11-17(22)21(29-2)24-12-15/h4,7,10-13H,5-6,8-9H2,1-3H3. The molecule has 0 radical (unpaired) electrons. The van der Waals surface area contributed by atoms with Gasteiger partial charge in [-0.05, 0) is 25.5 Å². The molecule has 1 atom stereocenters. The second-order valence-electron chi connectivity index (χ2n) is 7.39. The summed E-state index contributed by atoms with van der Waals surface area (Å²) in [5.74, 6) is -0.673. The molecule has 0 aliphatic carbocycles. The number of pyridine rings is 2. The van der Waals surface area contributed by atoms with E-state index in [4.69, 9.17) is 18.8 Å². The first-order chi connectivity index (χ1) is 15.3. The van der Waals surface area contributed by atoms with Gasteiger partial charge in [-0.25, -0.2) is 14.1 Å². The van der Waals surface area contributed by atoms with Crippen LogP contribution in [0.3, 0.4) is 0 Å². The van der Waals surface area contributed by atoms with Crippen molar-refractivity contribution >= 4 is 10.1 Å². The van der Waals surface area contributed by atoms with Crippen molar-refractivity contribution in [3.63, 3.8) is 0 Å². The Morgan fingerprint density at radius 3 is 2.72 bits per heavy atom. The van der Waals surface area contributed by atoms with Crippen LogP contribution in [0.1, 0.15) is 30.0 Å². The molecular formula is C21H23FN4O5S. The van der Waals surface area contributed by atoms with Gasteiger partial charge in [-0.15, -0.1) is 0 Å². The molecule has 1 unspecified atom stereocenters. The lowest BCUT2D eigenvalue weighted by atomic mass is 10.0. The van der Waals surface area contributed by atoms with E-state index in [0.717, 1.165) is 23.1 Å². The monoisotopic (exact) mass is 462 g/mol. The van der Waals surface area contributed by atoms with Crippen molar-refractivity contribution in [3.05, 3.63) is 53.4 Å². The van der Waals surface area contributed by atoms with Crippen LogP contribution in [-0.4, -0.2) is 54.7 Å². The fourth-order valence-electron chi connectivity index (χ4n) is 3.71. The third-order valence-electron chi connectivity index (χ3n) is 5.09. The molecule has 0 bridgehead atoms. The van der Waals surface area contributed by atoms with E-state index in [0.29, 0.717) is 43.1 Å². The minimum absolute atomic E-state index is 0.0887. The molecule has 3 aromatic rings. The van der Waals surface area contributed by atoms with Crippen molar-refractivity contribution in [3.8, 4) is 22.8 Å². The number of hydrogen-bond acceptors (Lipinski definition) is 8. The summed E-state index contributed by atoms with van der Waals surface area (Å²) in [6.45, 7) is 2.67. The molecule has 0 N–H and O–H groups in total. The van der Waals surface area contributed by atoms with Gasteiger partial charge in [0.05, 0.1) is 55.5 Å². The normalized spacial score (nSPS) is 15.1. The van der Waals surface area contributed by atoms with Crippen LogP contribution < -0.4 is 4.74 Å². The zero-order valence-electron chi connectivity index (χ0n) is 17.9. The van der Waals surface area contributed by atoms with Gasteiger partial charge >= 0.3 is 0 Å². The molecule has 1 aliphatic rings. The van der Waals surface area contributed by atoms with Crippen molar-refractivity contribution in [2.75, 3.05) is 26.6 Å². The van der Waals surface area contributed by atoms with Gasteiger partial charge in [0.2, 0.25) is 5.88 Å². The summed E-state index contributed by atoms with van der Waals surface area (Å²) < 4.78 is 54.6. The van der Waals surface area contributed by atoms with Gasteiger partial charge in [0.15, 0.2) is 5.82 Å². The third kappa shape index (κ3) is 4.64. The Labute approximate surface area is 185 Å². The molecule has 4 heterocycles. The molecule has 170 valence electrons. The Bertz CT molecular complexity index is 1240. The van der Waals surface area contributed by atoms with E-state index >= 15 is 0 Å². The number of hydrogen-bond donors (Lipinski definition) is 0. The van der Waals surface area contributed by atoms with Gasteiger partial charge in [-0.2, -0.15) is 13.5 Å². The fraction of sp³-hybridized carbons (Fsp3) is 0.381. The Hall–Kier alpha value is -2.89. The van der Waals surface area contributed by atoms with Crippen LogP contribution in [0.5, 0.6) is 5.88 Å². The maximum atomic E-state index is 14.3. The number of halogens is 1. The fourth-order valence-corrected chi connectivity index (χ4v) is 4.33. The van der Waals surface area contributed by atoms with Gasteiger partial charge < -0.3 is 9.47 Å². The summed E-state index contributed by atoms with van der Waals surface area (Å²) >= 11 is 0. The van der Waals surface area contributed by atoms with E-state index in [1.807, 2.05) is 0 Å². The van der Waals surface area contributed by atoms with Crippen molar-refractivity contribution in [2.24, 2.45) is 0 Å². The Morgan fingerprint density at radius 1 is 1.22 bits per heavy atom. The third-order valence-corrected chi connectivity index (χ3v) is 5.73. The summed E-state index contributed by atoms with van der Waals surface area (Å²) in [5, 5.41) is 4.77. The SMILES string of the molecule is COc1ncc(-n2nc(-c3ccnc(C(C)OS(C)(=O)=O)c3)c3c2CCOCC3)cc1F. The molecule has 0 amide bonds. The molecule has 0 saturated heterocycles. The highest BCUT2D eigenvalue weighted by molar-refractivity contribution is 7.86. The van der Waals surface area contributed by atoms with Crippen LogP contribution in [0.2, 0.25) is 0 Å². The number of aromatic nitrogens is 4. The van der Waals surface area contributed by atoms with Gasteiger partial charge in [0.25, 0.3) is 10.1 Å². The maximum absolute atomic E-state index is 14.3. The molecule has 1 aliphatic heterocycles. The molecular weight excluding hydrogens is 439 g/mol. The maximum Gasteiger partial charge on any atom is 0.265 e. The van der Waals surface area contributed by atoms with Crippen molar-refractivity contribution in [1.82, 2.24) is 19.7 Å². The molecule has 0 saturated carbocycles. The summed E-state index contributed by atoms with van der Waals surface area (Å²) in [4.78, 5) is 8.28. The molecule has 3 aromatic heterocycles. The van der Waals surface area contributed by atoms with Crippen LogP contribution in [0.25, 0.3) is 16.9 Å². The van der Waals surface area contributed by atoms with Crippen LogP contribution in [-0.2, 0) is 31.9 Å². The highest BCUT2D eigenvalue weighted by Crippen LogP contribution is 2.32. The summed E-state index contributed by atoms with van der Waals surface area (Å²) in [6.07, 6.45) is 4.56. The Morgan fingerprint density at radius 2 is 2.00 bits per heavy atom. The van der Waals surface area contributed by atoms with Crippen LogP contribution >= 0.6 is 0 Å². The first kappa shape index (κ1) is 22.3. The number of methoxy groups -OCH3 is 1. The lowest BCUT2D eigenvalue weighted by Gasteiger charge is -2.11. The lowest BCUT2D eigenvalue weighted by molar-refractivity contribution is 0.145. The molecule has 32 heavy (non-hydrogen) atoms. The van der Waals surface area contributed by atoms with Gasteiger partial charge in [-0.1, -0.05) is 0 Å². The lowest BCUT2D eigenvalue weighted by Crippen LogP contribution is -2.09. The van der Waals surface area contributed by atoms with E-state index < -0.39 is 22.0 Å². The molecule has 11 heteroatoms. The number of ether oxygens (including phenoxy) is 2. The average Bonchev–Trinajstić information content (AvgIpc) is 2.93. The second-order valence-corrected chi connectivity index (χ2v) is 9.00. The number of fused-ring (bicyclic) bond motifs is 1. The quantitative estimate of drug-likeness (QED) is 0.515. The zero-order valence-corrected chi connectivity index (χ0v) is 18.7. The highest BCUT2D eigenvalue weighted by atomic mass is 32.2.